The van der Waals surface area contributed by atoms with E-state index in [0.717, 1.165) is 50.7 Å². The van der Waals surface area contributed by atoms with Gasteiger partial charge in [-0.25, -0.2) is 13.2 Å². The third kappa shape index (κ3) is 4.44. The zero-order valence-electron chi connectivity index (χ0n) is 24.3. The summed E-state index contributed by atoms with van der Waals surface area (Å²) in [5.41, 5.74) is 0.916. The lowest BCUT2D eigenvalue weighted by Crippen LogP contribution is -2.51. The molecule has 43 heavy (non-hydrogen) atoms. The van der Waals surface area contributed by atoms with Crippen molar-refractivity contribution in [2.75, 3.05) is 37.7 Å². The van der Waals surface area contributed by atoms with Crippen LogP contribution in [-0.4, -0.2) is 76.4 Å². The van der Waals surface area contributed by atoms with Gasteiger partial charge in [-0.15, -0.1) is 0 Å². The number of rotatable bonds is 6. The summed E-state index contributed by atoms with van der Waals surface area (Å²) in [6.45, 7) is 4.92. The van der Waals surface area contributed by atoms with E-state index < -0.39 is 12.0 Å². The van der Waals surface area contributed by atoms with Crippen LogP contribution < -0.4 is 15.0 Å². The van der Waals surface area contributed by atoms with Crippen LogP contribution in [0.3, 0.4) is 0 Å². The molecule has 0 amide bonds. The second kappa shape index (κ2) is 10.3. The standard InChI is InChI=1S/C33H35F3N6O/c1-2-23-26(35)10-7-19-5-3-6-24(27(19)23)29-28(36)30-25(14-37-29)31(41-16-21-8-9-22(17-41)38-21)40-32(39-30)43-18-33-11-4-12-42(33)15-20(34)13-33/h3,5-7,10,14,20-22,38H,2,4,8-9,11-13,15-18H2,1H3/t20-,21?,22?,33+/m1/s1. The van der Waals surface area contributed by atoms with Gasteiger partial charge in [-0.2, -0.15) is 9.97 Å². The number of pyridine rings is 1. The van der Waals surface area contributed by atoms with Crippen molar-refractivity contribution in [1.29, 1.82) is 0 Å². The summed E-state index contributed by atoms with van der Waals surface area (Å²) >= 11 is 0. The molecular weight excluding hydrogens is 553 g/mol. The van der Waals surface area contributed by atoms with Crippen molar-refractivity contribution in [3.63, 3.8) is 0 Å². The summed E-state index contributed by atoms with van der Waals surface area (Å²) in [6.07, 6.45) is 5.68. The lowest BCUT2D eigenvalue weighted by molar-refractivity contribution is 0.107. The molecule has 4 aliphatic rings. The summed E-state index contributed by atoms with van der Waals surface area (Å²) in [4.78, 5) is 18.5. The largest absolute Gasteiger partial charge is 0.461 e. The fourth-order valence-corrected chi connectivity index (χ4v) is 8.10. The molecule has 2 aromatic carbocycles. The first-order valence-corrected chi connectivity index (χ1v) is 15.5. The van der Waals surface area contributed by atoms with Crippen molar-refractivity contribution < 1.29 is 17.9 Å². The number of alkyl halides is 1. The molecule has 4 fully saturated rings. The highest BCUT2D eigenvalue weighted by Gasteiger charge is 2.49. The summed E-state index contributed by atoms with van der Waals surface area (Å²) in [5, 5.41) is 5.63. The molecule has 1 N–H and O–H groups in total. The van der Waals surface area contributed by atoms with E-state index in [-0.39, 0.29) is 35.2 Å². The molecule has 4 atom stereocenters. The van der Waals surface area contributed by atoms with Crippen molar-refractivity contribution >= 4 is 27.5 Å². The number of fused-ring (bicyclic) bond motifs is 5. The summed E-state index contributed by atoms with van der Waals surface area (Å²) < 4.78 is 52.3. The molecule has 0 aliphatic carbocycles. The van der Waals surface area contributed by atoms with Crippen LogP contribution in [-0.2, 0) is 6.42 Å². The van der Waals surface area contributed by atoms with Gasteiger partial charge < -0.3 is 15.0 Å². The molecule has 2 aromatic heterocycles. The van der Waals surface area contributed by atoms with Crippen LogP contribution in [0.4, 0.5) is 19.0 Å². The number of piperazine rings is 1. The Bertz CT molecular complexity index is 1720. The minimum atomic E-state index is -0.877. The van der Waals surface area contributed by atoms with Gasteiger partial charge in [0.25, 0.3) is 0 Å². The lowest BCUT2D eigenvalue weighted by atomic mass is 9.95. The Morgan fingerprint density at radius 2 is 1.91 bits per heavy atom. The van der Waals surface area contributed by atoms with E-state index >= 15 is 4.39 Å². The topological polar surface area (TPSA) is 66.4 Å². The minimum absolute atomic E-state index is 0.0891. The second-order valence-electron chi connectivity index (χ2n) is 12.7. The van der Waals surface area contributed by atoms with Gasteiger partial charge in [0.05, 0.1) is 10.9 Å². The van der Waals surface area contributed by atoms with Crippen LogP contribution in [0.15, 0.2) is 36.5 Å². The third-order valence-corrected chi connectivity index (χ3v) is 10.1. The Morgan fingerprint density at radius 3 is 2.72 bits per heavy atom. The monoisotopic (exact) mass is 588 g/mol. The molecule has 0 saturated carbocycles. The van der Waals surface area contributed by atoms with Crippen LogP contribution >= 0.6 is 0 Å². The molecule has 4 saturated heterocycles. The highest BCUT2D eigenvalue weighted by Crippen LogP contribution is 2.41. The number of aromatic nitrogens is 3. The number of nitrogens with zero attached hydrogens (tertiary/aromatic N) is 5. The molecule has 4 aromatic rings. The molecule has 6 heterocycles. The number of benzene rings is 2. The first kappa shape index (κ1) is 27.1. The Labute approximate surface area is 248 Å². The van der Waals surface area contributed by atoms with E-state index in [1.807, 2.05) is 19.1 Å². The van der Waals surface area contributed by atoms with Crippen LogP contribution in [0.1, 0.15) is 44.6 Å². The van der Waals surface area contributed by atoms with Crippen LogP contribution in [0.25, 0.3) is 32.9 Å². The van der Waals surface area contributed by atoms with Crippen LogP contribution in [0.5, 0.6) is 6.01 Å². The molecule has 2 unspecified atom stereocenters. The van der Waals surface area contributed by atoms with Gasteiger partial charge in [0.2, 0.25) is 0 Å². The Morgan fingerprint density at radius 1 is 1.07 bits per heavy atom. The zero-order chi connectivity index (χ0) is 29.3. The maximum Gasteiger partial charge on any atom is 0.319 e. The quantitative estimate of drug-likeness (QED) is 0.316. The summed E-state index contributed by atoms with van der Waals surface area (Å²) in [7, 11) is 0. The first-order chi connectivity index (χ1) is 20.9. The van der Waals surface area contributed by atoms with Crippen molar-refractivity contribution in [1.82, 2.24) is 25.2 Å². The lowest BCUT2D eigenvalue weighted by Gasteiger charge is -2.34. The molecule has 0 radical (unpaired) electrons. The average Bonchev–Trinajstić information content (AvgIpc) is 3.66. The van der Waals surface area contributed by atoms with Crippen molar-refractivity contribution in [2.45, 2.75) is 69.2 Å². The number of halogens is 3. The van der Waals surface area contributed by atoms with Gasteiger partial charge in [0.15, 0.2) is 5.82 Å². The summed E-state index contributed by atoms with van der Waals surface area (Å²) in [6, 6.07) is 9.47. The Balaban J connectivity index is 1.26. The molecule has 8 rings (SSSR count). The van der Waals surface area contributed by atoms with Crippen LogP contribution in [0.2, 0.25) is 0 Å². The van der Waals surface area contributed by atoms with Gasteiger partial charge in [0.1, 0.15) is 35.6 Å². The van der Waals surface area contributed by atoms with Gasteiger partial charge in [-0.3, -0.25) is 9.88 Å². The summed E-state index contributed by atoms with van der Waals surface area (Å²) in [5.74, 6) is -0.307. The Kier molecular flexibility index (Phi) is 6.49. The highest BCUT2D eigenvalue weighted by molar-refractivity contribution is 6.00. The van der Waals surface area contributed by atoms with Gasteiger partial charge in [-0.1, -0.05) is 31.2 Å². The number of ether oxygens (including phenoxy) is 1. The number of anilines is 1. The maximum atomic E-state index is 16.7. The molecule has 0 spiro atoms. The molecule has 2 bridgehead atoms. The number of hydrogen-bond donors (Lipinski definition) is 1. The van der Waals surface area contributed by atoms with E-state index in [1.165, 1.54) is 6.07 Å². The normalized spacial score (nSPS) is 27.0. The minimum Gasteiger partial charge on any atom is -0.461 e. The molecular formula is C33H35F3N6O. The average molecular weight is 589 g/mol. The fraction of sp³-hybridized carbons (Fsp3) is 0.485. The Hall–Kier alpha value is -3.50. The fourth-order valence-electron chi connectivity index (χ4n) is 8.10. The van der Waals surface area contributed by atoms with E-state index in [4.69, 9.17) is 9.72 Å². The van der Waals surface area contributed by atoms with Gasteiger partial charge in [0, 0.05) is 49.9 Å². The first-order valence-electron chi connectivity index (χ1n) is 15.5. The molecule has 4 aliphatic heterocycles. The number of hydrogen-bond acceptors (Lipinski definition) is 7. The van der Waals surface area contributed by atoms with Gasteiger partial charge in [-0.05, 0) is 61.1 Å². The van der Waals surface area contributed by atoms with Crippen LogP contribution in [0, 0.1) is 11.6 Å². The molecule has 224 valence electrons. The predicted molar refractivity (Wildman–Crippen MR) is 160 cm³/mol. The third-order valence-electron chi connectivity index (χ3n) is 10.1. The zero-order valence-corrected chi connectivity index (χ0v) is 24.3. The number of aryl methyl sites for hydroxylation is 1. The van der Waals surface area contributed by atoms with E-state index in [0.29, 0.717) is 59.2 Å². The smallest absolute Gasteiger partial charge is 0.319 e. The second-order valence-corrected chi connectivity index (χ2v) is 12.7. The molecule has 10 heteroatoms. The van der Waals surface area contributed by atoms with E-state index in [1.54, 1.807) is 18.3 Å². The maximum absolute atomic E-state index is 16.7. The van der Waals surface area contributed by atoms with Crippen molar-refractivity contribution in [3.8, 4) is 17.3 Å². The van der Waals surface area contributed by atoms with E-state index in [9.17, 15) is 8.78 Å². The van der Waals surface area contributed by atoms with Crippen molar-refractivity contribution in [3.05, 3.63) is 53.7 Å². The van der Waals surface area contributed by atoms with E-state index in [2.05, 4.69) is 25.1 Å². The SMILES string of the molecule is CCc1c(F)ccc2cccc(-c3ncc4c(N5CC6CCC(C5)N6)nc(OC[C@@]56CCCN5C[C@H](F)C6)nc4c3F)c12. The highest BCUT2D eigenvalue weighted by atomic mass is 19.1. The predicted octanol–water partition coefficient (Wildman–Crippen LogP) is 5.58. The van der Waals surface area contributed by atoms with Crippen molar-refractivity contribution in [2.24, 2.45) is 0 Å². The van der Waals surface area contributed by atoms with Gasteiger partial charge >= 0.3 is 6.01 Å². The molecule has 7 nitrogen and oxygen atoms in total. The number of nitrogens with one attached hydrogen (secondary N) is 1.